The number of methoxy groups -OCH3 is 1. The number of anilines is 1. The molecule has 0 aliphatic heterocycles. The number of carbonyl (C=O) groups excluding carboxylic acids is 1. The van der Waals surface area contributed by atoms with E-state index in [4.69, 9.17) is 21.1 Å². The maximum absolute atomic E-state index is 13.9. The van der Waals surface area contributed by atoms with Crippen molar-refractivity contribution >= 4 is 29.9 Å². The minimum absolute atomic E-state index is 0.120. The van der Waals surface area contributed by atoms with Gasteiger partial charge in [0.15, 0.2) is 5.82 Å². The van der Waals surface area contributed by atoms with Gasteiger partial charge in [-0.15, -0.1) is 10.2 Å². The van der Waals surface area contributed by atoms with Crippen molar-refractivity contribution < 1.29 is 27.4 Å². The maximum Gasteiger partial charge on any atom is 0.433 e. The third kappa shape index (κ3) is 6.80. The van der Waals surface area contributed by atoms with E-state index in [9.17, 15) is 18.0 Å². The van der Waals surface area contributed by atoms with Crippen LogP contribution in [0.5, 0.6) is 11.5 Å². The van der Waals surface area contributed by atoms with Crippen LogP contribution in [0.1, 0.15) is 33.9 Å². The van der Waals surface area contributed by atoms with Crippen LogP contribution in [-0.4, -0.2) is 59.0 Å². The van der Waals surface area contributed by atoms with Crippen molar-refractivity contribution in [3.05, 3.63) is 76.3 Å². The molecule has 1 amide bonds. The fraction of sp³-hybridized carbons (Fsp3) is 0.259. The highest BCUT2D eigenvalue weighted by Crippen LogP contribution is 2.39. The van der Waals surface area contributed by atoms with Gasteiger partial charge in [-0.3, -0.25) is 14.8 Å². The largest absolute Gasteiger partial charge is 0.495 e. The predicted octanol–water partition coefficient (Wildman–Crippen LogP) is 5.43. The first-order valence-corrected chi connectivity index (χ1v) is 12.6. The van der Waals surface area contributed by atoms with E-state index in [-0.39, 0.29) is 46.2 Å². The van der Waals surface area contributed by atoms with Gasteiger partial charge in [-0.1, -0.05) is 28.9 Å². The summed E-state index contributed by atoms with van der Waals surface area (Å²) >= 11 is 6.63. The van der Waals surface area contributed by atoms with E-state index in [1.807, 2.05) is 0 Å². The van der Waals surface area contributed by atoms with E-state index >= 15 is 0 Å². The minimum Gasteiger partial charge on any atom is -0.495 e. The van der Waals surface area contributed by atoms with Crippen molar-refractivity contribution in [2.75, 3.05) is 25.7 Å². The number of ether oxygens (including phenoxy) is 2. The zero-order valence-electron chi connectivity index (χ0n) is 22.1. The Hall–Kier alpha value is -4.52. The van der Waals surface area contributed by atoms with Crippen LogP contribution >= 0.6 is 11.6 Å². The van der Waals surface area contributed by atoms with Crippen LogP contribution in [0.25, 0.3) is 11.1 Å². The predicted molar refractivity (Wildman–Crippen MR) is 147 cm³/mol. The molecule has 0 bridgehead atoms. The summed E-state index contributed by atoms with van der Waals surface area (Å²) in [5.74, 6) is 0.685. The molecule has 0 radical (unpaired) electrons. The molecule has 0 unspecified atom stereocenters. The highest BCUT2D eigenvalue weighted by Gasteiger charge is 2.33. The topological polar surface area (TPSA) is 118 Å². The molecule has 10 nitrogen and oxygen atoms in total. The van der Waals surface area contributed by atoms with Gasteiger partial charge in [-0.05, 0) is 43.0 Å². The molecule has 4 aromatic rings. The standard InChI is InChI=1S/C27H25ClF3N7O3/c1-32-14-16-11-24(27(29,30)31)33-15-19(16)17-12-18(26(39)38(2)21-7-4-5-8-22(21)40-3)23(13-20(17)28)41-10-6-9-25-34-36-37-35-25/h4-5,7-8,11-13,15H,1,6,9-10,14H2,2-3H3,(H,34,35,36,37). The van der Waals surface area contributed by atoms with Crippen LogP contribution in [0.4, 0.5) is 18.9 Å². The Morgan fingerprint density at radius 1 is 1.17 bits per heavy atom. The third-order valence-electron chi connectivity index (χ3n) is 6.09. The number of nitrogens with one attached hydrogen (secondary N) is 1. The average Bonchev–Trinajstić information content (AvgIpc) is 3.48. The van der Waals surface area contributed by atoms with Crippen molar-refractivity contribution in [1.82, 2.24) is 25.6 Å². The normalized spacial score (nSPS) is 11.3. The Labute approximate surface area is 238 Å². The number of aromatic amines is 1. The van der Waals surface area contributed by atoms with Crippen molar-refractivity contribution in [3.63, 3.8) is 0 Å². The smallest absolute Gasteiger partial charge is 0.433 e. The number of halogens is 4. The van der Waals surface area contributed by atoms with Gasteiger partial charge < -0.3 is 14.4 Å². The third-order valence-corrected chi connectivity index (χ3v) is 6.41. The quantitative estimate of drug-likeness (QED) is 0.184. The number of benzene rings is 2. The van der Waals surface area contributed by atoms with Gasteiger partial charge in [-0.2, -0.15) is 18.4 Å². The molecule has 0 atom stereocenters. The fourth-order valence-electron chi connectivity index (χ4n) is 4.09. The Morgan fingerprint density at radius 2 is 1.95 bits per heavy atom. The van der Waals surface area contributed by atoms with Gasteiger partial charge in [0, 0.05) is 36.9 Å². The molecule has 0 aliphatic carbocycles. The monoisotopic (exact) mass is 587 g/mol. The first-order chi connectivity index (χ1) is 19.6. The molecule has 2 heterocycles. The lowest BCUT2D eigenvalue weighted by Gasteiger charge is -2.22. The van der Waals surface area contributed by atoms with Crippen LogP contribution in [0.15, 0.2) is 53.7 Å². The van der Waals surface area contributed by atoms with E-state index in [1.165, 1.54) is 24.1 Å². The number of hydrogen-bond acceptors (Lipinski definition) is 8. The van der Waals surface area contributed by atoms with E-state index in [2.05, 4.69) is 37.3 Å². The lowest BCUT2D eigenvalue weighted by atomic mass is 9.98. The van der Waals surface area contributed by atoms with Gasteiger partial charge in [0.25, 0.3) is 5.91 Å². The van der Waals surface area contributed by atoms with Crippen LogP contribution in [0.2, 0.25) is 5.02 Å². The zero-order chi connectivity index (χ0) is 29.6. The van der Waals surface area contributed by atoms with Crippen molar-refractivity contribution in [1.29, 1.82) is 0 Å². The molecular weight excluding hydrogens is 563 g/mol. The number of aromatic nitrogens is 5. The number of para-hydroxylation sites is 2. The molecule has 4 rings (SSSR count). The van der Waals surface area contributed by atoms with E-state index in [1.54, 1.807) is 31.3 Å². The zero-order valence-corrected chi connectivity index (χ0v) is 22.8. The second kappa shape index (κ2) is 12.8. The number of nitrogens with zero attached hydrogens (tertiary/aromatic N) is 6. The number of tetrazole rings is 1. The molecule has 214 valence electrons. The Morgan fingerprint density at radius 3 is 2.63 bits per heavy atom. The SMILES string of the molecule is C=NCc1cc(C(F)(F)F)ncc1-c1cc(C(=O)N(C)c2ccccc2OC)c(OCCCc2nn[nH]n2)cc1Cl. The second-order valence-electron chi connectivity index (χ2n) is 8.75. The lowest BCUT2D eigenvalue weighted by Crippen LogP contribution is -2.27. The summed E-state index contributed by atoms with van der Waals surface area (Å²) in [7, 11) is 3.06. The summed E-state index contributed by atoms with van der Waals surface area (Å²) < 4.78 is 51.5. The van der Waals surface area contributed by atoms with Crippen molar-refractivity contribution in [2.45, 2.75) is 25.6 Å². The summed E-state index contributed by atoms with van der Waals surface area (Å²) in [5.41, 5.74) is 0.275. The van der Waals surface area contributed by atoms with Gasteiger partial charge in [0.2, 0.25) is 0 Å². The molecule has 14 heteroatoms. The molecule has 1 N–H and O–H groups in total. The van der Waals surface area contributed by atoms with E-state index < -0.39 is 17.8 Å². The highest BCUT2D eigenvalue weighted by molar-refractivity contribution is 6.34. The first kappa shape index (κ1) is 29.5. The second-order valence-corrected chi connectivity index (χ2v) is 9.16. The molecule has 0 saturated carbocycles. The van der Waals surface area contributed by atoms with Crippen molar-refractivity contribution in [3.8, 4) is 22.6 Å². The van der Waals surface area contributed by atoms with Gasteiger partial charge in [0.1, 0.15) is 17.2 Å². The summed E-state index contributed by atoms with van der Waals surface area (Å²) in [6, 6.07) is 10.8. The maximum atomic E-state index is 13.9. The van der Waals surface area contributed by atoms with E-state index in [0.29, 0.717) is 30.1 Å². The molecule has 0 aliphatic rings. The molecule has 0 spiro atoms. The molecule has 0 saturated heterocycles. The van der Waals surface area contributed by atoms with Gasteiger partial charge in [0.05, 0.1) is 36.5 Å². The number of aliphatic imine (C=N–C) groups is 1. The molecule has 2 aromatic carbocycles. The van der Waals surface area contributed by atoms with Crippen LogP contribution in [-0.2, 0) is 19.1 Å². The van der Waals surface area contributed by atoms with Crippen molar-refractivity contribution in [2.24, 2.45) is 4.99 Å². The molecule has 2 aromatic heterocycles. The number of pyridine rings is 1. The Kier molecular flexibility index (Phi) is 9.17. The molecular formula is C27H25ClF3N7O3. The Balaban J connectivity index is 1.76. The fourth-order valence-corrected chi connectivity index (χ4v) is 4.35. The highest BCUT2D eigenvalue weighted by atomic mass is 35.5. The Bertz CT molecular complexity index is 1530. The van der Waals surface area contributed by atoms with Crippen LogP contribution < -0.4 is 14.4 Å². The van der Waals surface area contributed by atoms with Crippen LogP contribution in [0, 0.1) is 0 Å². The number of amides is 1. The lowest BCUT2D eigenvalue weighted by molar-refractivity contribution is -0.141. The summed E-state index contributed by atoms with van der Waals surface area (Å²) in [6.07, 6.45) is -2.61. The van der Waals surface area contributed by atoms with E-state index in [0.717, 1.165) is 12.3 Å². The number of aryl methyl sites for hydroxylation is 1. The summed E-state index contributed by atoms with van der Waals surface area (Å²) in [5, 5.41) is 13.8. The number of alkyl halides is 3. The number of rotatable bonds is 11. The summed E-state index contributed by atoms with van der Waals surface area (Å²) in [4.78, 5) is 22.6. The summed E-state index contributed by atoms with van der Waals surface area (Å²) in [6.45, 7) is 3.47. The van der Waals surface area contributed by atoms with Gasteiger partial charge in [-0.25, -0.2) is 0 Å². The molecule has 41 heavy (non-hydrogen) atoms. The first-order valence-electron chi connectivity index (χ1n) is 12.2. The number of carbonyl (C=O) groups is 1. The average molecular weight is 588 g/mol. The van der Waals surface area contributed by atoms with Crippen LogP contribution in [0.3, 0.4) is 0 Å². The molecule has 0 fully saturated rings. The minimum atomic E-state index is -4.66. The number of hydrogen-bond donors (Lipinski definition) is 1. The number of H-pyrrole nitrogens is 1. The van der Waals surface area contributed by atoms with Gasteiger partial charge >= 0.3 is 6.18 Å².